The molecule has 0 saturated heterocycles. The van der Waals surface area contributed by atoms with Crippen LogP contribution in [0.25, 0.3) is 0 Å². The molecule has 1 aromatic rings. The summed E-state index contributed by atoms with van der Waals surface area (Å²) in [5, 5.41) is 11.6. The zero-order valence-electron chi connectivity index (χ0n) is 12.3. The van der Waals surface area contributed by atoms with Gasteiger partial charge in [-0.25, -0.2) is 0 Å². The van der Waals surface area contributed by atoms with E-state index in [1.165, 1.54) is 6.07 Å². The Kier molecular flexibility index (Phi) is 5.46. The molecular formula is C14H20F3N3O. The second kappa shape index (κ2) is 6.69. The highest BCUT2D eigenvalue weighted by molar-refractivity contribution is 6.02. The van der Waals surface area contributed by atoms with Crippen LogP contribution in [0.1, 0.15) is 37.8 Å². The molecule has 0 saturated carbocycles. The normalized spacial score (nSPS) is 14.1. The predicted octanol–water partition coefficient (Wildman–Crippen LogP) is 3.42. The van der Waals surface area contributed by atoms with Crippen LogP contribution in [-0.2, 0) is 6.18 Å². The van der Waals surface area contributed by atoms with Gasteiger partial charge in [-0.2, -0.15) is 13.2 Å². The molecule has 118 valence electrons. The van der Waals surface area contributed by atoms with Gasteiger partial charge < -0.3 is 15.8 Å². The van der Waals surface area contributed by atoms with Gasteiger partial charge in [0.2, 0.25) is 0 Å². The number of benzene rings is 1. The fourth-order valence-corrected chi connectivity index (χ4v) is 2.13. The first-order valence-corrected chi connectivity index (χ1v) is 6.64. The summed E-state index contributed by atoms with van der Waals surface area (Å²) in [7, 11) is 1.77. The van der Waals surface area contributed by atoms with Crippen LogP contribution in [0, 0.1) is 0 Å². The zero-order valence-corrected chi connectivity index (χ0v) is 12.3. The first-order valence-electron chi connectivity index (χ1n) is 6.64. The maximum atomic E-state index is 12.8. The van der Waals surface area contributed by atoms with Crippen LogP contribution in [0.3, 0.4) is 0 Å². The third-order valence-electron chi connectivity index (χ3n) is 3.46. The van der Waals surface area contributed by atoms with E-state index in [0.29, 0.717) is 5.69 Å². The van der Waals surface area contributed by atoms with Crippen molar-refractivity contribution < 1.29 is 18.4 Å². The summed E-state index contributed by atoms with van der Waals surface area (Å²) >= 11 is 0. The van der Waals surface area contributed by atoms with Crippen LogP contribution < -0.4 is 10.6 Å². The lowest BCUT2D eigenvalue weighted by atomic mass is 10.0. The second-order valence-corrected chi connectivity index (χ2v) is 4.96. The molecule has 1 unspecified atom stereocenters. The van der Waals surface area contributed by atoms with E-state index in [1.807, 2.05) is 18.7 Å². The molecule has 0 aliphatic carbocycles. The lowest BCUT2D eigenvalue weighted by molar-refractivity contribution is -0.137. The number of nitrogens with zero attached hydrogens (tertiary/aromatic N) is 2. The Balaban J connectivity index is 3.32. The van der Waals surface area contributed by atoms with E-state index in [-0.39, 0.29) is 17.4 Å². The molecule has 7 heteroatoms. The molecule has 3 N–H and O–H groups in total. The zero-order chi connectivity index (χ0) is 16.2. The molecule has 1 atom stereocenters. The van der Waals surface area contributed by atoms with E-state index in [4.69, 9.17) is 10.9 Å². The quantitative estimate of drug-likeness (QED) is 0.379. The van der Waals surface area contributed by atoms with Gasteiger partial charge in [0.1, 0.15) is 0 Å². The highest BCUT2D eigenvalue weighted by atomic mass is 19.4. The van der Waals surface area contributed by atoms with Crippen LogP contribution in [0.5, 0.6) is 0 Å². The summed E-state index contributed by atoms with van der Waals surface area (Å²) in [5.74, 6) is -0.341. The molecule has 0 amide bonds. The van der Waals surface area contributed by atoms with Crippen LogP contribution in [-0.4, -0.2) is 24.1 Å². The number of oxime groups is 1. The minimum atomic E-state index is -4.48. The largest absolute Gasteiger partial charge is 0.416 e. The van der Waals surface area contributed by atoms with Gasteiger partial charge in [-0.15, -0.1) is 0 Å². The van der Waals surface area contributed by atoms with E-state index in [9.17, 15) is 13.2 Å². The van der Waals surface area contributed by atoms with Gasteiger partial charge in [0.25, 0.3) is 0 Å². The average molecular weight is 303 g/mol. The standard InChI is InChI=1S/C14H20F3N3O/c1-4-5-9(2)20(3)12-7-6-10(14(15,16)17)8-11(12)13(18)19-21/h6-9,21H,4-5H2,1-3H3,(H2,18,19). The van der Waals surface area contributed by atoms with Crippen molar-refractivity contribution in [3.63, 3.8) is 0 Å². The van der Waals surface area contributed by atoms with Crippen LogP contribution in [0.2, 0.25) is 0 Å². The number of anilines is 1. The van der Waals surface area contributed by atoms with Crippen molar-refractivity contribution in [1.82, 2.24) is 0 Å². The first-order chi connectivity index (χ1) is 9.72. The molecule has 0 radical (unpaired) electrons. The third kappa shape index (κ3) is 4.03. The number of amidine groups is 1. The first kappa shape index (κ1) is 17.1. The molecule has 1 rings (SSSR count). The Morgan fingerprint density at radius 3 is 2.52 bits per heavy atom. The number of halogens is 3. The lowest BCUT2D eigenvalue weighted by Crippen LogP contribution is -2.31. The summed E-state index contributed by atoms with van der Waals surface area (Å²) in [6.45, 7) is 4.00. The Bertz CT molecular complexity index is 515. The van der Waals surface area contributed by atoms with Crippen molar-refractivity contribution in [2.45, 2.75) is 38.9 Å². The average Bonchev–Trinajstić information content (AvgIpc) is 2.44. The molecule has 0 aliphatic heterocycles. The molecule has 4 nitrogen and oxygen atoms in total. The van der Waals surface area contributed by atoms with E-state index in [0.717, 1.165) is 25.0 Å². The van der Waals surface area contributed by atoms with Gasteiger partial charge in [-0.05, 0) is 31.5 Å². The molecular weight excluding hydrogens is 283 g/mol. The van der Waals surface area contributed by atoms with Gasteiger partial charge in [0.05, 0.1) is 5.56 Å². The maximum absolute atomic E-state index is 12.8. The van der Waals surface area contributed by atoms with E-state index in [2.05, 4.69) is 5.16 Å². The Hall–Kier alpha value is -1.92. The topological polar surface area (TPSA) is 61.8 Å². The monoisotopic (exact) mass is 303 g/mol. The molecule has 0 fully saturated rings. The second-order valence-electron chi connectivity index (χ2n) is 4.96. The van der Waals surface area contributed by atoms with Crippen molar-refractivity contribution in [2.75, 3.05) is 11.9 Å². The van der Waals surface area contributed by atoms with Crippen LogP contribution in [0.15, 0.2) is 23.4 Å². The number of hydrogen-bond donors (Lipinski definition) is 2. The van der Waals surface area contributed by atoms with Crippen molar-refractivity contribution in [1.29, 1.82) is 0 Å². The summed E-state index contributed by atoms with van der Waals surface area (Å²) in [6, 6.07) is 3.37. The molecule has 0 aliphatic rings. The Morgan fingerprint density at radius 1 is 1.43 bits per heavy atom. The van der Waals surface area contributed by atoms with Crippen LogP contribution >= 0.6 is 0 Å². The fraction of sp³-hybridized carbons (Fsp3) is 0.500. The Morgan fingerprint density at radius 2 is 2.05 bits per heavy atom. The minimum absolute atomic E-state index is 0.0674. The molecule has 1 aromatic carbocycles. The highest BCUT2D eigenvalue weighted by Crippen LogP contribution is 2.33. The van der Waals surface area contributed by atoms with E-state index >= 15 is 0 Å². The van der Waals surface area contributed by atoms with Gasteiger partial charge in [0, 0.05) is 24.3 Å². The molecule has 21 heavy (non-hydrogen) atoms. The number of alkyl halides is 3. The number of rotatable bonds is 5. The van der Waals surface area contributed by atoms with Gasteiger partial charge in [-0.1, -0.05) is 18.5 Å². The maximum Gasteiger partial charge on any atom is 0.416 e. The highest BCUT2D eigenvalue weighted by Gasteiger charge is 2.32. The molecule has 0 bridgehead atoms. The summed E-state index contributed by atoms with van der Waals surface area (Å²) < 4.78 is 38.4. The van der Waals surface area contributed by atoms with Crippen molar-refractivity contribution in [2.24, 2.45) is 10.9 Å². The summed E-state index contributed by atoms with van der Waals surface area (Å²) in [6.07, 6.45) is -2.64. The molecule has 0 aromatic heterocycles. The molecule has 0 spiro atoms. The van der Waals surface area contributed by atoms with Crippen molar-refractivity contribution in [3.05, 3.63) is 29.3 Å². The van der Waals surface area contributed by atoms with Gasteiger partial charge >= 0.3 is 6.18 Å². The number of hydrogen-bond acceptors (Lipinski definition) is 3. The van der Waals surface area contributed by atoms with E-state index in [1.54, 1.807) is 7.05 Å². The predicted molar refractivity (Wildman–Crippen MR) is 76.7 cm³/mol. The van der Waals surface area contributed by atoms with Crippen molar-refractivity contribution >= 4 is 11.5 Å². The molecule has 0 heterocycles. The van der Waals surface area contributed by atoms with Gasteiger partial charge in [0.15, 0.2) is 5.84 Å². The summed E-state index contributed by atoms with van der Waals surface area (Å²) in [5.41, 5.74) is 5.26. The minimum Gasteiger partial charge on any atom is -0.409 e. The lowest BCUT2D eigenvalue weighted by Gasteiger charge is -2.29. The Labute approximate surface area is 122 Å². The summed E-state index contributed by atoms with van der Waals surface area (Å²) in [4.78, 5) is 1.83. The van der Waals surface area contributed by atoms with Crippen molar-refractivity contribution in [3.8, 4) is 0 Å². The van der Waals surface area contributed by atoms with Crippen LogP contribution in [0.4, 0.5) is 18.9 Å². The van der Waals surface area contributed by atoms with Gasteiger partial charge in [-0.3, -0.25) is 0 Å². The smallest absolute Gasteiger partial charge is 0.409 e. The number of nitrogens with two attached hydrogens (primary N) is 1. The van der Waals surface area contributed by atoms with E-state index < -0.39 is 11.7 Å². The third-order valence-corrected chi connectivity index (χ3v) is 3.46. The SMILES string of the molecule is CCCC(C)N(C)c1ccc(C(F)(F)F)cc1/C(N)=N/O. The fourth-order valence-electron chi connectivity index (χ4n) is 2.13.